The highest BCUT2D eigenvalue weighted by Gasteiger charge is 2.23. The second-order valence-electron chi connectivity index (χ2n) is 7.10. The molecular weight excluding hydrogens is 416 g/mol. The van der Waals surface area contributed by atoms with Crippen LogP contribution in [0.2, 0.25) is 5.02 Å². The van der Waals surface area contributed by atoms with Gasteiger partial charge in [-0.2, -0.15) is 0 Å². The number of nitrogens with zero attached hydrogens (tertiary/aromatic N) is 3. The lowest BCUT2D eigenvalue weighted by molar-refractivity contribution is -0.116. The number of halogens is 1. The van der Waals surface area contributed by atoms with Crippen LogP contribution in [0.4, 0.5) is 16.2 Å². The van der Waals surface area contributed by atoms with Crippen molar-refractivity contribution in [1.29, 1.82) is 0 Å². The Labute approximate surface area is 186 Å². The van der Waals surface area contributed by atoms with E-state index in [1.807, 2.05) is 55.8 Å². The minimum absolute atomic E-state index is 0.0954. The monoisotopic (exact) mass is 440 g/mol. The van der Waals surface area contributed by atoms with Crippen LogP contribution >= 0.6 is 11.6 Å². The molecule has 1 heterocycles. The highest BCUT2D eigenvalue weighted by atomic mass is 35.5. The number of amides is 3. The van der Waals surface area contributed by atoms with Crippen molar-refractivity contribution in [3.8, 4) is 0 Å². The van der Waals surface area contributed by atoms with Gasteiger partial charge in [-0.1, -0.05) is 48.9 Å². The lowest BCUT2D eigenvalue weighted by Crippen LogP contribution is -2.34. The third kappa shape index (κ3) is 5.61. The lowest BCUT2D eigenvalue weighted by atomic mass is 10.1. The van der Waals surface area contributed by atoms with Gasteiger partial charge in [0, 0.05) is 19.2 Å². The molecule has 9 heteroatoms. The Bertz CT molecular complexity index is 1070. The van der Waals surface area contributed by atoms with Gasteiger partial charge in [-0.15, -0.1) is 10.2 Å². The maximum absolute atomic E-state index is 12.9. The van der Waals surface area contributed by atoms with Crippen LogP contribution in [0.1, 0.15) is 43.0 Å². The number of aromatic nitrogens is 3. The quantitative estimate of drug-likeness (QED) is 0.506. The predicted molar refractivity (Wildman–Crippen MR) is 121 cm³/mol. The van der Waals surface area contributed by atoms with Gasteiger partial charge in [0.25, 0.3) is 0 Å². The van der Waals surface area contributed by atoms with Gasteiger partial charge in [0.1, 0.15) is 11.9 Å². The van der Waals surface area contributed by atoms with Gasteiger partial charge >= 0.3 is 6.03 Å². The lowest BCUT2D eigenvalue weighted by Gasteiger charge is -2.19. The van der Waals surface area contributed by atoms with Crippen LogP contribution in [0.5, 0.6) is 0 Å². The molecule has 0 aliphatic carbocycles. The van der Waals surface area contributed by atoms with Gasteiger partial charge in [0.05, 0.1) is 10.7 Å². The summed E-state index contributed by atoms with van der Waals surface area (Å²) in [5.41, 5.74) is 1.80. The summed E-state index contributed by atoms with van der Waals surface area (Å²) < 4.78 is 1.83. The highest BCUT2D eigenvalue weighted by molar-refractivity contribution is 6.33. The molecular formula is C22H25ClN6O2. The molecule has 0 saturated heterocycles. The van der Waals surface area contributed by atoms with E-state index in [-0.39, 0.29) is 5.91 Å². The zero-order chi connectivity index (χ0) is 22.4. The summed E-state index contributed by atoms with van der Waals surface area (Å²) in [4.78, 5) is 24.7. The van der Waals surface area contributed by atoms with E-state index in [4.69, 9.17) is 11.6 Å². The summed E-state index contributed by atoms with van der Waals surface area (Å²) in [6, 6.07) is 13.5. The van der Waals surface area contributed by atoms with Crippen LogP contribution in [-0.4, -0.2) is 26.7 Å². The summed E-state index contributed by atoms with van der Waals surface area (Å²) in [6.07, 6.45) is 1.16. The first-order valence-electron chi connectivity index (χ1n) is 9.96. The normalized spacial score (nSPS) is 11.6. The number of urea groups is 1. The maximum atomic E-state index is 12.9. The van der Waals surface area contributed by atoms with Crippen LogP contribution in [0, 0.1) is 6.92 Å². The molecule has 2 aromatic carbocycles. The molecule has 8 nitrogen and oxygen atoms in total. The molecule has 0 spiro atoms. The van der Waals surface area contributed by atoms with E-state index >= 15 is 0 Å². The number of hydrogen-bond donors (Lipinski definition) is 3. The van der Waals surface area contributed by atoms with Gasteiger partial charge in [-0.05, 0) is 37.1 Å². The van der Waals surface area contributed by atoms with Crippen molar-refractivity contribution in [1.82, 2.24) is 20.1 Å². The zero-order valence-corrected chi connectivity index (χ0v) is 18.4. The van der Waals surface area contributed by atoms with Crippen LogP contribution in [-0.2, 0) is 11.8 Å². The summed E-state index contributed by atoms with van der Waals surface area (Å²) >= 11 is 6.26. The van der Waals surface area contributed by atoms with E-state index in [0.29, 0.717) is 28.6 Å². The predicted octanol–water partition coefficient (Wildman–Crippen LogP) is 4.43. The zero-order valence-electron chi connectivity index (χ0n) is 17.6. The van der Waals surface area contributed by atoms with Gasteiger partial charge in [0.2, 0.25) is 5.91 Å². The van der Waals surface area contributed by atoms with Gasteiger partial charge < -0.3 is 20.5 Å². The number of carbonyl (C=O) groups is 2. The van der Waals surface area contributed by atoms with E-state index < -0.39 is 12.1 Å². The van der Waals surface area contributed by atoms with Crippen LogP contribution in [0.3, 0.4) is 0 Å². The van der Waals surface area contributed by atoms with E-state index in [1.165, 1.54) is 0 Å². The van der Waals surface area contributed by atoms with Crippen molar-refractivity contribution < 1.29 is 9.59 Å². The Morgan fingerprint density at radius 2 is 1.84 bits per heavy atom. The number of anilines is 2. The molecule has 0 aliphatic rings. The largest absolute Gasteiger partial charge is 0.326 e. The Hall–Kier alpha value is -3.39. The molecule has 3 aromatic rings. The molecule has 0 saturated carbocycles. The molecule has 31 heavy (non-hydrogen) atoms. The molecule has 3 amide bonds. The number of rotatable bonds is 7. The smallest absolute Gasteiger partial charge is 0.320 e. The fraction of sp³-hybridized carbons (Fsp3) is 0.273. The van der Waals surface area contributed by atoms with Gasteiger partial charge in [-0.25, -0.2) is 4.79 Å². The average Bonchev–Trinajstić information content (AvgIpc) is 3.08. The highest BCUT2D eigenvalue weighted by Crippen LogP contribution is 2.26. The Kier molecular flexibility index (Phi) is 7.25. The summed E-state index contributed by atoms with van der Waals surface area (Å²) in [6.45, 7) is 3.78. The number of aryl methyl sites for hydroxylation is 1. The van der Waals surface area contributed by atoms with E-state index in [1.54, 1.807) is 18.2 Å². The first-order chi connectivity index (χ1) is 14.9. The standard InChI is InChI=1S/C22H25ClN6O2/c1-4-8-19(30)24-16-11-12-17(23)18(13-16)25-22(31)26-20(15-9-6-5-7-10-15)21-28-27-14(2)29(21)3/h5-7,9-13,20H,4,8H2,1-3H3,(H,24,30)(H2,25,26,31). The van der Waals surface area contributed by atoms with E-state index in [9.17, 15) is 9.59 Å². The fourth-order valence-electron chi connectivity index (χ4n) is 3.06. The van der Waals surface area contributed by atoms with E-state index in [2.05, 4.69) is 26.1 Å². The topological polar surface area (TPSA) is 101 Å². The SMILES string of the molecule is CCCC(=O)Nc1ccc(Cl)c(NC(=O)NC(c2ccccc2)c2nnc(C)n2C)c1. The van der Waals surface area contributed by atoms with Crippen LogP contribution in [0.25, 0.3) is 0 Å². The third-order valence-corrected chi connectivity index (χ3v) is 5.10. The van der Waals surface area contributed by atoms with Crippen molar-refractivity contribution >= 4 is 34.9 Å². The average molecular weight is 441 g/mol. The molecule has 0 fully saturated rings. The second kappa shape index (κ2) is 10.1. The Balaban J connectivity index is 1.80. The Morgan fingerprint density at radius 3 is 2.48 bits per heavy atom. The minimum Gasteiger partial charge on any atom is -0.326 e. The molecule has 0 aliphatic heterocycles. The summed E-state index contributed by atoms with van der Waals surface area (Å²) in [5.74, 6) is 1.24. The molecule has 162 valence electrons. The molecule has 1 atom stereocenters. The van der Waals surface area contributed by atoms with Crippen molar-refractivity contribution in [2.24, 2.45) is 7.05 Å². The number of hydrogen-bond acceptors (Lipinski definition) is 4. The van der Waals surface area contributed by atoms with Crippen molar-refractivity contribution in [2.75, 3.05) is 10.6 Å². The number of carbonyl (C=O) groups excluding carboxylic acids is 2. The molecule has 0 radical (unpaired) electrons. The first-order valence-corrected chi connectivity index (χ1v) is 10.3. The summed E-state index contributed by atoms with van der Waals surface area (Å²) in [7, 11) is 1.85. The molecule has 1 unspecified atom stereocenters. The maximum Gasteiger partial charge on any atom is 0.320 e. The number of nitrogens with one attached hydrogen (secondary N) is 3. The van der Waals surface area contributed by atoms with Crippen molar-refractivity contribution in [2.45, 2.75) is 32.7 Å². The number of benzene rings is 2. The fourth-order valence-corrected chi connectivity index (χ4v) is 3.22. The van der Waals surface area contributed by atoms with Crippen molar-refractivity contribution in [3.63, 3.8) is 0 Å². The van der Waals surface area contributed by atoms with Crippen LogP contribution < -0.4 is 16.0 Å². The molecule has 3 N–H and O–H groups in total. The van der Waals surface area contributed by atoms with Gasteiger partial charge in [-0.3, -0.25) is 4.79 Å². The Morgan fingerprint density at radius 1 is 1.10 bits per heavy atom. The minimum atomic E-state index is -0.515. The molecule has 0 bridgehead atoms. The van der Waals surface area contributed by atoms with Gasteiger partial charge in [0.15, 0.2) is 5.82 Å². The van der Waals surface area contributed by atoms with Crippen molar-refractivity contribution in [3.05, 3.63) is 70.8 Å². The van der Waals surface area contributed by atoms with E-state index in [0.717, 1.165) is 17.8 Å². The molecule has 3 rings (SSSR count). The molecule has 1 aromatic heterocycles. The third-order valence-electron chi connectivity index (χ3n) is 4.77. The summed E-state index contributed by atoms with van der Waals surface area (Å²) in [5, 5.41) is 17.2. The van der Waals surface area contributed by atoms with Crippen LogP contribution in [0.15, 0.2) is 48.5 Å². The second-order valence-corrected chi connectivity index (χ2v) is 7.51. The first kappa shape index (κ1) is 22.3.